The molecule has 0 radical (unpaired) electrons. The lowest BCUT2D eigenvalue weighted by molar-refractivity contribution is 0.516. The van der Waals surface area contributed by atoms with E-state index in [-0.39, 0.29) is 0 Å². The first-order chi connectivity index (χ1) is 9.04. The Morgan fingerprint density at radius 1 is 1.32 bits per heavy atom. The summed E-state index contributed by atoms with van der Waals surface area (Å²) in [5, 5.41) is 12.4. The van der Waals surface area contributed by atoms with Crippen molar-refractivity contribution in [2.45, 2.75) is 53.8 Å². The average Bonchev–Trinajstić information content (AvgIpc) is 2.92. The van der Waals surface area contributed by atoms with Crippen molar-refractivity contribution < 1.29 is 0 Å². The highest BCUT2D eigenvalue weighted by Gasteiger charge is 2.13. The van der Waals surface area contributed by atoms with Crippen molar-refractivity contribution in [1.29, 1.82) is 0 Å². The Morgan fingerprint density at radius 3 is 2.63 bits per heavy atom. The van der Waals surface area contributed by atoms with Gasteiger partial charge in [-0.3, -0.25) is 9.36 Å². The Labute approximate surface area is 114 Å². The van der Waals surface area contributed by atoms with Gasteiger partial charge in [-0.25, -0.2) is 0 Å². The summed E-state index contributed by atoms with van der Waals surface area (Å²) in [4.78, 5) is 0. The number of anilines is 1. The summed E-state index contributed by atoms with van der Waals surface area (Å²) in [5.74, 6) is 0. The summed E-state index contributed by atoms with van der Waals surface area (Å²) in [7, 11) is 0. The van der Waals surface area contributed by atoms with E-state index >= 15 is 0 Å². The molecule has 0 amide bonds. The summed E-state index contributed by atoms with van der Waals surface area (Å²) < 4.78 is 4.07. The predicted molar refractivity (Wildman–Crippen MR) is 77.3 cm³/mol. The van der Waals surface area contributed by atoms with Crippen molar-refractivity contribution in [2.24, 2.45) is 0 Å². The van der Waals surface area contributed by atoms with E-state index < -0.39 is 0 Å². The van der Waals surface area contributed by atoms with Gasteiger partial charge in [-0.05, 0) is 40.7 Å². The molecule has 19 heavy (non-hydrogen) atoms. The van der Waals surface area contributed by atoms with E-state index in [4.69, 9.17) is 0 Å². The number of rotatable bonds is 5. The number of aryl methyl sites for hydroxylation is 2. The molecule has 0 aliphatic heterocycles. The van der Waals surface area contributed by atoms with E-state index in [0.29, 0.717) is 6.04 Å². The molecule has 2 aromatic rings. The smallest absolute Gasteiger partial charge is 0.0828 e. The Balaban J connectivity index is 2.16. The molecule has 0 spiro atoms. The molecule has 104 valence electrons. The molecule has 0 unspecified atom stereocenters. The maximum atomic E-state index is 4.58. The van der Waals surface area contributed by atoms with Gasteiger partial charge in [0, 0.05) is 18.8 Å². The highest BCUT2D eigenvalue weighted by molar-refractivity contribution is 5.52. The van der Waals surface area contributed by atoms with Crippen LogP contribution in [0.3, 0.4) is 0 Å². The zero-order valence-electron chi connectivity index (χ0n) is 12.4. The molecule has 0 saturated carbocycles. The van der Waals surface area contributed by atoms with E-state index in [1.165, 1.54) is 11.4 Å². The molecule has 0 aliphatic carbocycles. The summed E-state index contributed by atoms with van der Waals surface area (Å²) in [6.45, 7) is 12.2. The second kappa shape index (κ2) is 5.47. The molecule has 5 nitrogen and oxygen atoms in total. The molecule has 2 rings (SSSR count). The minimum Gasteiger partial charge on any atom is -0.376 e. The van der Waals surface area contributed by atoms with Crippen LogP contribution >= 0.6 is 0 Å². The van der Waals surface area contributed by atoms with Crippen molar-refractivity contribution in [2.75, 3.05) is 5.32 Å². The van der Waals surface area contributed by atoms with E-state index in [2.05, 4.69) is 47.9 Å². The van der Waals surface area contributed by atoms with Gasteiger partial charge in [0.05, 0.1) is 29.3 Å². The van der Waals surface area contributed by atoms with Crippen molar-refractivity contribution in [3.8, 4) is 0 Å². The van der Waals surface area contributed by atoms with Gasteiger partial charge in [0.1, 0.15) is 0 Å². The van der Waals surface area contributed by atoms with Crippen LogP contribution in [-0.2, 0) is 13.1 Å². The first kappa shape index (κ1) is 13.6. The second-order valence-electron chi connectivity index (χ2n) is 5.08. The van der Waals surface area contributed by atoms with Gasteiger partial charge in [0.2, 0.25) is 0 Å². The van der Waals surface area contributed by atoms with E-state index in [1.54, 1.807) is 0 Å². The molecule has 2 heterocycles. The van der Waals surface area contributed by atoms with E-state index in [0.717, 1.165) is 24.5 Å². The van der Waals surface area contributed by atoms with E-state index in [1.807, 2.05) is 23.9 Å². The Hall–Kier alpha value is -1.78. The molecule has 0 aliphatic rings. The Morgan fingerprint density at radius 2 is 2.05 bits per heavy atom. The zero-order valence-corrected chi connectivity index (χ0v) is 12.4. The third kappa shape index (κ3) is 2.64. The van der Waals surface area contributed by atoms with Gasteiger partial charge in [-0.2, -0.15) is 10.2 Å². The van der Waals surface area contributed by atoms with E-state index in [9.17, 15) is 0 Å². The summed E-state index contributed by atoms with van der Waals surface area (Å²) in [6, 6.07) is 2.43. The van der Waals surface area contributed by atoms with Crippen LogP contribution in [0.15, 0.2) is 12.3 Å². The number of aromatic nitrogens is 4. The number of nitrogens with zero attached hydrogens (tertiary/aromatic N) is 4. The molecule has 2 aromatic heterocycles. The van der Waals surface area contributed by atoms with Gasteiger partial charge in [0.15, 0.2) is 0 Å². The van der Waals surface area contributed by atoms with Gasteiger partial charge in [-0.15, -0.1) is 0 Å². The number of nitrogens with one attached hydrogen (secondary N) is 1. The van der Waals surface area contributed by atoms with Crippen LogP contribution in [0.25, 0.3) is 0 Å². The fraction of sp³-hybridized carbons (Fsp3) is 0.571. The standard InChI is InChI=1S/C14H23N5/c1-6-18-13(7-8-16-18)9-15-14-11(4)17-19(10(2)3)12(14)5/h7-8,10,15H,6,9H2,1-5H3. The first-order valence-corrected chi connectivity index (χ1v) is 6.84. The van der Waals surface area contributed by atoms with Crippen LogP contribution < -0.4 is 5.32 Å². The third-order valence-electron chi connectivity index (χ3n) is 3.36. The van der Waals surface area contributed by atoms with Gasteiger partial charge >= 0.3 is 0 Å². The molecule has 0 atom stereocenters. The monoisotopic (exact) mass is 261 g/mol. The van der Waals surface area contributed by atoms with Gasteiger partial charge in [0.25, 0.3) is 0 Å². The minimum absolute atomic E-state index is 0.385. The second-order valence-corrected chi connectivity index (χ2v) is 5.08. The normalized spacial score (nSPS) is 11.3. The summed E-state index contributed by atoms with van der Waals surface area (Å²) in [6.07, 6.45) is 1.85. The molecular weight excluding hydrogens is 238 g/mol. The molecule has 0 fully saturated rings. The maximum Gasteiger partial charge on any atom is 0.0828 e. The van der Waals surface area contributed by atoms with Crippen LogP contribution in [0.2, 0.25) is 0 Å². The summed E-state index contributed by atoms with van der Waals surface area (Å²) in [5.41, 5.74) is 4.57. The summed E-state index contributed by atoms with van der Waals surface area (Å²) >= 11 is 0. The zero-order chi connectivity index (χ0) is 14.0. The van der Waals surface area contributed by atoms with Crippen LogP contribution in [0, 0.1) is 13.8 Å². The fourth-order valence-corrected chi connectivity index (χ4v) is 2.40. The SMILES string of the molecule is CCn1nccc1CNc1c(C)nn(C(C)C)c1C. The van der Waals surface area contributed by atoms with Crippen LogP contribution in [0.5, 0.6) is 0 Å². The fourth-order valence-electron chi connectivity index (χ4n) is 2.40. The number of hydrogen-bond acceptors (Lipinski definition) is 3. The van der Waals surface area contributed by atoms with Crippen LogP contribution in [0.4, 0.5) is 5.69 Å². The van der Waals surface area contributed by atoms with Crippen molar-refractivity contribution in [1.82, 2.24) is 19.6 Å². The van der Waals surface area contributed by atoms with Gasteiger partial charge in [-0.1, -0.05) is 0 Å². The minimum atomic E-state index is 0.385. The van der Waals surface area contributed by atoms with Crippen LogP contribution in [0.1, 0.15) is 43.9 Å². The molecule has 0 bridgehead atoms. The lowest BCUT2D eigenvalue weighted by atomic mass is 10.3. The first-order valence-electron chi connectivity index (χ1n) is 6.84. The average molecular weight is 261 g/mol. The molecule has 0 aromatic carbocycles. The predicted octanol–water partition coefficient (Wildman–Crippen LogP) is 2.91. The quantitative estimate of drug-likeness (QED) is 0.900. The Bertz CT molecular complexity index is 550. The van der Waals surface area contributed by atoms with Crippen LogP contribution in [-0.4, -0.2) is 19.6 Å². The molecule has 0 saturated heterocycles. The number of hydrogen-bond donors (Lipinski definition) is 1. The third-order valence-corrected chi connectivity index (χ3v) is 3.36. The van der Waals surface area contributed by atoms with Crippen molar-refractivity contribution in [3.63, 3.8) is 0 Å². The topological polar surface area (TPSA) is 47.7 Å². The van der Waals surface area contributed by atoms with Gasteiger partial charge < -0.3 is 5.32 Å². The lowest BCUT2D eigenvalue weighted by Crippen LogP contribution is -2.09. The Kier molecular flexibility index (Phi) is 3.93. The lowest BCUT2D eigenvalue weighted by Gasteiger charge is -2.10. The molecular formula is C14H23N5. The van der Waals surface area contributed by atoms with Crippen molar-refractivity contribution in [3.05, 3.63) is 29.3 Å². The highest BCUT2D eigenvalue weighted by Crippen LogP contribution is 2.22. The largest absolute Gasteiger partial charge is 0.376 e. The highest BCUT2D eigenvalue weighted by atomic mass is 15.3. The molecule has 1 N–H and O–H groups in total. The maximum absolute atomic E-state index is 4.58. The van der Waals surface area contributed by atoms with Crippen molar-refractivity contribution >= 4 is 5.69 Å². The molecule has 5 heteroatoms.